The Hall–Kier alpha value is -3.32. The van der Waals surface area contributed by atoms with Gasteiger partial charge in [-0.1, -0.05) is 42.8 Å². The summed E-state index contributed by atoms with van der Waals surface area (Å²) >= 11 is 0. The van der Waals surface area contributed by atoms with Gasteiger partial charge in [0.05, 0.1) is 10.6 Å². The van der Waals surface area contributed by atoms with E-state index in [1.165, 1.54) is 12.1 Å². The van der Waals surface area contributed by atoms with Crippen molar-refractivity contribution in [3.63, 3.8) is 0 Å². The van der Waals surface area contributed by atoms with E-state index in [1.807, 2.05) is 70.2 Å². The van der Waals surface area contributed by atoms with Crippen molar-refractivity contribution in [1.82, 2.24) is 0 Å². The van der Waals surface area contributed by atoms with Gasteiger partial charge in [0, 0.05) is 5.69 Å². The topological polar surface area (TPSA) is 84.5 Å². The molecule has 0 aliphatic carbocycles. The van der Waals surface area contributed by atoms with E-state index in [1.54, 1.807) is 12.1 Å². The van der Waals surface area contributed by atoms with Crippen molar-refractivity contribution in [2.75, 3.05) is 10.0 Å². The van der Waals surface area contributed by atoms with Gasteiger partial charge in [-0.2, -0.15) is 0 Å². The van der Waals surface area contributed by atoms with Gasteiger partial charge in [0.25, 0.3) is 15.9 Å². The minimum atomic E-state index is -3.76. The van der Waals surface area contributed by atoms with Crippen molar-refractivity contribution in [2.24, 2.45) is 0 Å². The highest BCUT2D eigenvalue weighted by Gasteiger charge is 2.20. The van der Waals surface area contributed by atoms with E-state index in [4.69, 9.17) is 4.74 Å². The monoisotopic (exact) mass is 452 g/mol. The standard InChI is InChI=1S/C25H28N2O4S/c1-5-23(31-21-13-9-17(2)10-14-21)25(28)26-20-11-15-22(16-12-20)32(29,30)27-24-18(3)7-6-8-19(24)4/h6-16,23,27H,5H2,1-4H3,(H,26,28)/t23-/m0/s1. The highest BCUT2D eigenvalue weighted by Crippen LogP contribution is 2.24. The molecule has 6 nitrogen and oxygen atoms in total. The molecule has 2 N–H and O–H groups in total. The number of ether oxygens (including phenoxy) is 1. The van der Waals surface area contributed by atoms with Crippen LogP contribution in [0.25, 0.3) is 0 Å². The molecule has 7 heteroatoms. The summed E-state index contributed by atoms with van der Waals surface area (Å²) < 4.78 is 34.1. The van der Waals surface area contributed by atoms with Crippen LogP contribution in [-0.4, -0.2) is 20.4 Å². The fourth-order valence-electron chi connectivity index (χ4n) is 3.21. The van der Waals surface area contributed by atoms with Crippen molar-refractivity contribution < 1.29 is 17.9 Å². The summed E-state index contributed by atoms with van der Waals surface area (Å²) in [5, 5.41) is 2.79. The Balaban J connectivity index is 1.69. The van der Waals surface area contributed by atoms with E-state index in [0.717, 1.165) is 16.7 Å². The Labute approximate surface area is 189 Å². The summed E-state index contributed by atoms with van der Waals surface area (Å²) in [6, 6.07) is 19.1. The van der Waals surface area contributed by atoms with Gasteiger partial charge in [-0.25, -0.2) is 8.42 Å². The average molecular weight is 453 g/mol. The molecule has 0 spiro atoms. The van der Waals surface area contributed by atoms with Crippen LogP contribution in [0.15, 0.2) is 71.6 Å². The van der Waals surface area contributed by atoms with E-state index in [-0.39, 0.29) is 10.8 Å². The van der Waals surface area contributed by atoms with Crippen LogP contribution < -0.4 is 14.8 Å². The molecule has 0 unspecified atom stereocenters. The van der Waals surface area contributed by atoms with Crippen molar-refractivity contribution >= 4 is 27.3 Å². The summed E-state index contributed by atoms with van der Waals surface area (Å²) in [4.78, 5) is 12.8. The van der Waals surface area contributed by atoms with Crippen LogP contribution in [0.1, 0.15) is 30.0 Å². The molecule has 3 aromatic rings. The van der Waals surface area contributed by atoms with Gasteiger partial charge >= 0.3 is 0 Å². The van der Waals surface area contributed by atoms with Crippen LogP contribution >= 0.6 is 0 Å². The molecule has 0 heterocycles. The van der Waals surface area contributed by atoms with Crippen LogP contribution in [0.3, 0.4) is 0 Å². The molecule has 3 rings (SSSR count). The van der Waals surface area contributed by atoms with Crippen LogP contribution in [-0.2, 0) is 14.8 Å². The molecular formula is C25H28N2O4S. The Morgan fingerprint density at radius 3 is 2.06 bits per heavy atom. The minimum absolute atomic E-state index is 0.112. The summed E-state index contributed by atoms with van der Waals surface area (Å²) in [6.45, 7) is 7.56. The van der Waals surface area contributed by atoms with Gasteiger partial charge in [-0.15, -0.1) is 0 Å². The van der Waals surface area contributed by atoms with Crippen molar-refractivity contribution in [3.05, 3.63) is 83.4 Å². The molecule has 168 valence electrons. The van der Waals surface area contributed by atoms with Gasteiger partial charge in [0.2, 0.25) is 0 Å². The first-order chi connectivity index (χ1) is 15.2. The fraction of sp³-hybridized carbons (Fsp3) is 0.240. The normalized spacial score (nSPS) is 12.1. The molecule has 0 aromatic heterocycles. The van der Waals surface area contributed by atoms with E-state index in [2.05, 4.69) is 10.0 Å². The predicted octanol–water partition coefficient (Wildman–Crippen LogP) is 5.21. The molecule has 0 saturated carbocycles. The maximum atomic E-state index is 12.8. The zero-order valence-corrected chi connectivity index (χ0v) is 19.5. The molecule has 0 aliphatic rings. The number of aryl methyl sites for hydroxylation is 3. The zero-order chi connectivity index (χ0) is 23.3. The molecular weight excluding hydrogens is 424 g/mol. The maximum Gasteiger partial charge on any atom is 0.265 e. The zero-order valence-electron chi connectivity index (χ0n) is 18.7. The summed E-state index contributed by atoms with van der Waals surface area (Å²) in [7, 11) is -3.76. The number of amides is 1. The number of nitrogens with one attached hydrogen (secondary N) is 2. The number of carbonyl (C=O) groups is 1. The van der Waals surface area contributed by atoms with Gasteiger partial charge < -0.3 is 10.1 Å². The number of sulfonamides is 1. The minimum Gasteiger partial charge on any atom is -0.481 e. The molecule has 1 atom stereocenters. The highest BCUT2D eigenvalue weighted by atomic mass is 32.2. The number of para-hydroxylation sites is 1. The molecule has 1 amide bonds. The number of hydrogen-bond acceptors (Lipinski definition) is 4. The molecule has 3 aromatic carbocycles. The Morgan fingerprint density at radius 2 is 1.50 bits per heavy atom. The molecule has 0 aliphatic heterocycles. The molecule has 0 fully saturated rings. The molecule has 32 heavy (non-hydrogen) atoms. The first-order valence-electron chi connectivity index (χ1n) is 10.4. The van der Waals surface area contributed by atoms with Crippen LogP contribution in [0.4, 0.5) is 11.4 Å². The molecule has 0 radical (unpaired) electrons. The first kappa shape index (κ1) is 23.3. The van der Waals surface area contributed by atoms with Crippen LogP contribution in [0.2, 0.25) is 0 Å². The van der Waals surface area contributed by atoms with Gasteiger partial charge in [0.15, 0.2) is 6.10 Å². The van der Waals surface area contributed by atoms with E-state index < -0.39 is 16.1 Å². The van der Waals surface area contributed by atoms with Crippen molar-refractivity contribution in [3.8, 4) is 5.75 Å². The number of rotatable bonds is 8. The van der Waals surface area contributed by atoms with Gasteiger partial charge in [0.1, 0.15) is 5.75 Å². The average Bonchev–Trinajstić information content (AvgIpc) is 2.76. The third-order valence-electron chi connectivity index (χ3n) is 5.11. The second kappa shape index (κ2) is 9.87. The summed E-state index contributed by atoms with van der Waals surface area (Å²) in [5.74, 6) is 0.328. The number of anilines is 2. The van der Waals surface area contributed by atoms with Crippen LogP contribution in [0, 0.1) is 20.8 Å². The van der Waals surface area contributed by atoms with Crippen LogP contribution in [0.5, 0.6) is 5.75 Å². The third-order valence-corrected chi connectivity index (χ3v) is 6.48. The summed E-state index contributed by atoms with van der Waals surface area (Å²) in [5.41, 5.74) is 3.86. The lowest BCUT2D eigenvalue weighted by Gasteiger charge is -2.18. The second-order valence-corrected chi connectivity index (χ2v) is 9.40. The lowest BCUT2D eigenvalue weighted by Crippen LogP contribution is -2.32. The van der Waals surface area contributed by atoms with E-state index in [0.29, 0.717) is 23.5 Å². The lowest BCUT2D eigenvalue weighted by molar-refractivity contribution is -0.122. The largest absolute Gasteiger partial charge is 0.481 e. The van der Waals surface area contributed by atoms with Crippen molar-refractivity contribution in [1.29, 1.82) is 0 Å². The predicted molar refractivity (Wildman–Crippen MR) is 128 cm³/mol. The lowest BCUT2D eigenvalue weighted by atomic mass is 10.1. The van der Waals surface area contributed by atoms with E-state index >= 15 is 0 Å². The Bertz CT molecular complexity index is 1170. The number of carbonyl (C=O) groups excluding carboxylic acids is 1. The molecule has 0 bridgehead atoms. The summed E-state index contributed by atoms with van der Waals surface area (Å²) in [6.07, 6.45) is -0.168. The third kappa shape index (κ3) is 5.68. The first-order valence-corrected chi connectivity index (χ1v) is 11.9. The van der Waals surface area contributed by atoms with Gasteiger partial charge in [-0.05, 0) is 74.7 Å². The maximum absolute atomic E-state index is 12.8. The Kier molecular flexibility index (Phi) is 7.20. The molecule has 0 saturated heterocycles. The number of hydrogen-bond donors (Lipinski definition) is 2. The van der Waals surface area contributed by atoms with Gasteiger partial charge in [-0.3, -0.25) is 9.52 Å². The smallest absolute Gasteiger partial charge is 0.265 e. The quantitative estimate of drug-likeness (QED) is 0.491. The second-order valence-electron chi connectivity index (χ2n) is 7.71. The Morgan fingerprint density at radius 1 is 0.906 bits per heavy atom. The van der Waals surface area contributed by atoms with Crippen molar-refractivity contribution in [2.45, 2.75) is 45.1 Å². The van der Waals surface area contributed by atoms with E-state index in [9.17, 15) is 13.2 Å². The number of benzene rings is 3. The highest BCUT2D eigenvalue weighted by molar-refractivity contribution is 7.92. The fourth-order valence-corrected chi connectivity index (χ4v) is 4.42. The SMILES string of the molecule is CC[C@H](Oc1ccc(C)cc1)C(=O)Nc1ccc(S(=O)(=O)Nc2c(C)cccc2C)cc1.